The minimum Gasteiger partial charge on any atom is -0.497 e. The number of pyridine rings is 1. The van der Waals surface area contributed by atoms with Crippen LogP contribution in [0, 0.1) is 0 Å². The lowest BCUT2D eigenvalue weighted by Gasteiger charge is -2.13. The van der Waals surface area contributed by atoms with Crippen LogP contribution >= 0.6 is 11.6 Å². The average Bonchev–Trinajstić information content (AvgIpc) is 2.75. The molecule has 0 spiro atoms. The van der Waals surface area contributed by atoms with E-state index in [1.54, 1.807) is 71.9 Å². The molecule has 1 aromatic heterocycles. The molecule has 158 valence electrons. The molecule has 0 saturated heterocycles. The van der Waals surface area contributed by atoms with Gasteiger partial charge in [-0.25, -0.2) is 18.4 Å². The summed E-state index contributed by atoms with van der Waals surface area (Å²) in [6, 6.07) is 16.7. The van der Waals surface area contributed by atoms with Crippen LogP contribution in [0.5, 0.6) is 5.75 Å². The molecule has 0 atom stereocenters. The van der Waals surface area contributed by atoms with Gasteiger partial charge >= 0.3 is 0 Å². The van der Waals surface area contributed by atoms with E-state index in [4.69, 9.17) is 16.3 Å². The minimum atomic E-state index is -3.88. The normalized spacial score (nSPS) is 12.0. The predicted octanol–water partition coefficient (Wildman–Crippen LogP) is 5.10. The largest absolute Gasteiger partial charge is 0.497 e. The third-order valence-corrected chi connectivity index (χ3v) is 6.85. The maximum absolute atomic E-state index is 13.8. The average molecular weight is 454 g/mol. The Morgan fingerprint density at radius 1 is 0.968 bits per heavy atom. The number of rotatable bonds is 5. The molecular weight excluding hydrogens is 434 g/mol. The fourth-order valence-electron chi connectivity index (χ4n) is 3.29. The molecule has 0 bridgehead atoms. The van der Waals surface area contributed by atoms with Gasteiger partial charge in [-0.1, -0.05) is 11.6 Å². The molecular formula is C23H20ClN3O3S. The third kappa shape index (κ3) is 4.06. The molecule has 0 N–H and O–H groups in total. The molecule has 8 heteroatoms. The summed E-state index contributed by atoms with van der Waals surface area (Å²) in [5, 5.41) is 1.48. The Hall–Kier alpha value is -3.16. The van der Waals surface area contributed by atoms with Crippen molar-refractivity contribution >= 4 is 55.3 Å². The number of ether oxygens (including phenoxy) is 1. The van der Waals surface area contributed by atoms with Crippen LogP contribution < -0.4 is 4.74 Å². The van der Waals surface area contributed by atoms with Crippen LogP contribution in [0.25, 0.3) is 21.8 Å². The van der Waals surface area contributed by atoms with Crippen molar-refractivity contribution < 1.29 is 13.2 Å². The van der Waals surface area contributed by atoms with E-state index >= 15 is 0 Å². The highest BCUT2D eigenvalue weighted by Crippen LogP contribution is 2.36. The van der Waals surface area contributed by atoms with Gasteiger partial charge in [-0.05, 0) is 60.7 Å². The second-order valence-corrected chi connectivity index (χ2v) is 9.51. The molecule has 1 heterocycles. The van der Waals surface area contributed by atoms with Gasteiger partial charge in [0.25, 0.3) is 0 Å². The zero-order chi connectivity index (χ0) is 22.2. The number of halogens is 1. The second kappa shape index (κ2) is 8.17. The van der Waals surface area contributed by atoms with Gasteiger partial charge < -0.3 is 9.64 Å². The van der Waals surface area contributed by atoms with Crippen molar-refractivity contribution in [3.05, 3.63) is 65.7 Å². The van der Waals surface area contributed by atoms with Crippen molar-refractivity contribution in [2.75, 3.05) is 21.2 Å². The molecule has 0 amide bonds. The molecule has 0 radical (unpaired) electrons. The number of sulfone groups is 1. The quantitative estimate of drug-likeness (QED) is 0.239. The summed E-state index contributed by atoms with van der Waals surface area (Å²) in [5.74, 6) is 0.549. The smallest absolute Gasteiger partial charge is 0.207 e. The van der Waals surface area contributed by atoms with Crippen molar-refractivity contribution in [2.24, 2.45) is 4.99 Å². The Morgan fingerprint density at radius 2 is 1.71 bits per heavy atom. The number of aliphatic imine (C=N–C) groups is 1. The van der Waals surface area contributed by atoms with Crippen molar-refractivity contribution in [3.63, 3.8) is 0 Å². The van der Waals surface area contributed by atoms with Gasteiger partial charge in [0.1, 0.15) is 5.75 Å². The first-order valence-electron chi connectivity index (χ1n) is 9.42. The second-order valence-electron chi connectivity index (χ2n) is 7.19. The van der Waals surface area contributed by atoms with Gasteiger partial charge in [-0.3, -0.25) is 0 Å². The molecule has 4 rings (SSSR count). The van der Waals surface area contributed by atoms with E-state index in [-0.39, 0.29) is 9.79 Å². The van der Waals surface area contributed by atoms with Crippen LogP contribution in [-0.4, -0.2) is 45.8 Å². The summed E-state index contributed by atoms with van der Waals surface area (Å²) < 4.78 is 32.9. The highest BCUT2D eigenvalue weighted by molar-refractivity contribution is 7.92. The fraction of sp³-hybridized carbons (Fsp3) is 0.130. The van der Waals surface area contributed by atoms with E-state index in [1.165, 1.54) is 7.11 Å². The van der Waals surface area contributed by atoms with Crippen LogP contribution in [0.1, 0.15) is 0 Å². The molecule has 0 saturated carbocycles. The lowest BCUT2D eigenvalue weighted by atomic mass is 10.1. The van der Waals surface area contributed by atoms with Crippen LogP contribution in [0.2, 0.25) is 5.02 Å². The molecule has 0 unspecified atom stereocenters. The van der Waals surface area contributed by atoms with Crippen LogP contribution in [0.4, 0.5) is 5.69 Å². The zero-order valence-electron chi connectivity index (χ0n) is 17.2. The van der Waals surface area contributed by atoms with Crippen molar-refractivity contribution in [2.45, 2.75) is 9.79 Å². The number of benzene rings is 3. The van der Waals surface area contributed by atoms with Crippen LogP contribution in [-0.2, 0) is 9.84 Å². The Balaban J connectivity index is 1.97. The molecule has 0 fully saturated rings. The number of methoxy groups -OCH3 is 1. The Morgan fingerprint density at radius 3 is 2.39 bits per heavy atom. The minimum absolute atomic E-state index is 0.169. The first-order chi connectivity index (χ1) is 14.8. The van der Waals surface area contributed by atoms with E-state index in [2.05, 4.69) is 9.98 Å². The predicted molar refractivity (Wildman–Crippen MR) is 125 cm³/mol. The van der Waals surface area contributed by atoms with Gasteiger partial charge in [-0.15, -0.1) is 0 Å². The van der Waals surface area contributed by atoms with Gasteiger partial charge in [0.05, 0.1) is 40.0 Å². The van der Waals surface area contributed by atoms with Gasteiger partial charge in [0.15, 0.2) is 0 Å². The van der Waals surface area contributed by atoms with Crippen molar-refractivity contribution in [1.82, 2.24) is 9.88 Å². The molecule has 6 nitrogen and oxygen atoms in total. The highest BCUT2D eigenvalue weighted by Gasteiger charge is 2.25. The molecule has 31 heavy (non-hydrogen) atoms. The Labute approximate surface area is 185 Å². The molecule has 0 aliphatic carbocycles. The van der Waals surface area contributed by atoms with E-state index in [0.717, 1.165) is 0 Å². The first-order valence-corrected chi connectivity index (χ1v) is 11.3. The summed E-state index contributed by atoms with van der Waals surface area (Å²) in [6.07, 6.45) is 1.66. The number of hydrogen-bond acceptors (Lipinski definition) is 5. The molecule has 4 aromatic rings. The van der Waals surface area contributed by atoms with E-state index < -0.39 is 9.84 Å². The fourth-order valence-corrected chi connectivity index (χ4v) is 5.10. The number of nitrogens with zero attached hydrogens (tertiary/aromatic N) is 3. The van der Waals surface area contributed by atoms with Gasteiger partial charge in [0, 0.05) is 29.9 Å². The van der Waals surface area contributed by atoms with Crippen LogP contribution in [0.15, 0.2) is 75.4 Å². The number of hydrogen-bond donors (Lipinski definition) is 0. The SMILES string of the molecule is COc1ccc2nc3cc(Cl)ccc3c(S(=O)(=O)c3ccc(N=CN(C)C)cc3)c2c1. The zero-order valence-corrected chi connectivity index (χ0v) is 18.8. The summed E-state index contributed by atoms with van der Waals surface area (Å²) in [6.45, 7) is 0. The van der Waals surface area contributed by atoms with E-state index in [0.29, 0.717) is 38.3 Å². The van der Waals surface area contributed by atoms with Gasteiger partial charge in [0.2, 0.25) is 9.84 Å². The molecule has 0 aliphatic rings. The maximum Gasteiger partial charge on any atom is 0.207 e. The molecule has 0 aliphatic heterocycles. The van der Waals surface area contributed by atoms with Crippen molar-refractivity contribution in [3.8, 4) is 5.75 Å². The summed E-state index contributed by atoms with van der Waals surface area (Å²) in [5.41, 5.74) is 1.71. The maximum atomic E-state index is 13.8. The van der Waals surface area contributed by atoms with Crippen molar-refractivity contribution in [1.29, 1.82) is 0 Å². The lowest BCUT2D eigenvalue weighted by Crippen LogP contribution is -2.07. The van der Waals surface area contributed by atoms with Gasteiger partial charge in [-0.2, -0.15) is 0 Å². The standard InChI is InChI=1S/C23H20ClN3O3S/c1-27(2)14-25-16-5-8-18(9-6-16)31(28,29)23-19-10-4-15(24)12-22(19)26-21-11-7-17(30-3)13-20(21)23/h4-14H,1-3H3. The topological polar surface area (TPSA) is 71.9 Å². The Bertz CT molecular complexity index is 1420. The van der Waals surface area contributed by atoms with Crippen LogP contribution in [0.3, 0.4) is 0 Å². The number of aromatic nitrogens is 1. The lowest BCUT2D eigenvalue weighted by molar-refractivity contribution is 0.415. The summed E-state index contributed by atoms with van der Waals surface area (Å²) in [7, 11) is 1.39. The summed E-state index contributed by atoms with van der Waals surface area (Å²) in [4.78, 5) is 11.1. The number of fused-ring (bicyclic) bond motifs is 2. The molecule has 3 aromatic carbocycles. The van der Waals surface area contributed by atoms with E-state index in [9.17, 15) is 8.42 Å². The van der Waals surface area contributed by atoms with E-state index in [1.807, 2.05) is 14.1 Å². The Kier molecular flexibility index (Phi) is 5.56. The highest BCUT2D eigenvalue weighted by atomic mass is 35.5. The summed E-state index contributed by atoms with van der Waals surface area (Å²) >= 11 is 6.14. The monoisotopic (exact) mass is 453 g/mol. The first kappa shape index (κ1) is 21.1. The third-order valence-electron chi connectivity index (χ3n) is 4.75.